The van der Waals surface area contributed by atoms with Gasteiger partial charge in [0.15, 0.2) is 0 Å². The number of nitrogens with one attached hydrogen (secondary N) is 1. The molecule has 0 saturated heterocycles. The molecule has 11 aromatic rings. The van der Waals surface area contributed by atoms with Crippen LogP contribution in [0.3, 0.4) is 0 Å². The van der Waals surface area contributed by atoms with E-state index in [9.17, 15) is 0 Å². The molecule has 0 fully saturated rings. The third-order valence-corrected chi connectivity index (χ3v) is 15.1. The van der Waals surface area contributed by atoms with E-state index in [-0.39, 0.29) is 21.7 Å². The van der Waals surface area contributed by atoms with Crippen LogP contribution in [-0.2, 0) is 21.7 Å². The second-order valence-corrected chi connectivity index (χ2v) is 24.3. The molecule has 72 heavy (non-hydrogen) atoms. The maximum Gasteiger partial charge on any atom is 0.247 e. The number of hydrogen-bond donors (Lipinski definition) is 1. The monoisotopic (exact) mass is 941 g/mol. The standard InChI is InChI=1S/C66H63BN3O2/c1-63(2,3)39-17-24-43(25-18-39)68-54-36-46(69(44-26-19-40(20-27-44)64(4,5)6)45-28-21-41(22-29-45)65(7,8)9)30-31-47(54)49-32-33-50-51-37-52-48-15-13-14-16-56(48)71-58(52)38-55(51)70-60(50)59(49)67-62-61(70)53-35-42(66(10,11)12)23-34-57(53)72-62/h13-38,68H,1-12H3. The first-order valence-electron chi connectivity index (χ1n) is 25.6. The third kappa shape index (κ3) is 7.61. The maximum atomic E-state index is 6.94. The lowest BCUT2D eigenvalue weighted by Crippen LogP contribution is -2.36. The number of benzene rings is 8. The first-order chi connectivity index (χ1) is 34.2. The fourth-order valence-electron chi connectivity index (χ4n) is 10.9. The van der Waals surface area contributed by atoms with Gasteiger partial charge in [0.1, 0.15) is 16.7 Å². The Morgan fingerprint density at radius 1 is 0.431 bits per heavy atom. The van der Waals surface area contributed by atoms with Gasteiger partial charge in [-0.1, -0.05) is 162 Å². The number of anilines is 5. The number of aromatic nitrogens is 1. The molecule has 0 atom stereocenters. The number of para-hydroxylation sites is 1. The number of fused-ring (bicyclic) bond motifs is 10. The Labute approximate surface area is 424 Å². The Morgan fingerprint density at radius 3 is 1.61 bits per heavy atom. The first-order valence-corrected chi connectivity index (χ1v) is 25.6. The summed E-state index contributed by atoms with van der Waals surface area (Å²) in [6.07, 6.45) is 0. The molecule has 0 unspecified atom stereocenters. The van der Waals surface area contributed by atoms with Gasteiger partial charge in [-0.2, -0.15) is 0 Å². The minimum absolute atomic E-state index is 0.0287. The zero-order valence-electron chi connectivity index (χ0n) is 43.8. The Kier molecular flexibility index (Phi) is 10.2. The largest absolute Gasteiger partial charge is 0.469 e. The smallest absolute Gasteiger partial charge is 0.247 e. The van der Waals surface area contributed by atoms with Crippen LogP contribution in [0.4, 0.5) is 28.4 Å². The molecule has 5 nitrogen and oxygen atoms in total. The number of hydrogen-bond acceptors (Lipinski definition) is 4. The summed E-state index contributed by atoms with van der Waals surface area (Å²) in [7, 11) is 2.29. The Bertz CT molecular complexity index is 3880. The molecule has 1 N–H and O–H groups in total. The lowest BCUT2D eigenvalue weighted by atomic mass is 9.62. The SMILES string of the molecule is CC(C)(C)c1ccc(Nc2cc(N(c3ccc(C(C)(C)C)cc3)c3ccc(C(C)(C)C)cc3)ccc2-c2ccc3c4cc5c(cc4n4c3c2[B]c2oc3ccc(C(C)(C)C)cc3c2-4)oc2ccccc25)cc1. The second-order valence-electron chi connectivity index (χ2n) is 24.3. The van der Waals surface area contributed by atoms with Gasteiger partial charge < -0.3 is 23.6 Å². The maximum absolute atomic E-state index is 6.94. The van der Waals surface area contributed by atoms with Gasteiger partial charge in [-0.05, 0) is 128 Å². The van der Waals surface area contributed by atoms with E-state index in [0.29, 0.717) is 0 Å². The predicted molar refractivity (Wildman–Crippen MR) is 307 cm³/mol. The molecule has 1 aliphatic heterocycles. The molecule has 0 spiro atoms. The molecule has 1 aliphatic rings. The van der Waals surface area contributed by atoms with E-state index in [1.165, 1.54) is 33.0 Å². The van der Waals surface area contributed by atoms with Crippen molar-refractivity contribution < 1.29 is 8.83 Å². The van der Waals surface area contributed by atoms with Crippen LogP contribution < -0.4 is 21.3 Å². The van der Waals surface area contributed by atoms with E-state index < -0.39 is 0 Å². The van der Waals surface area contributed by atoms with Crippen LogP contribution in [-0.4, -0.2) is 11.8 Å². The number of nitrogens with zero attached hydrogens (tertiary/aromatic N) is 2. The topological polar surface area (TPSA) is 46.5 Å². The van der Waals surface area contributed by atoms with E-state index in [1.807, 2.05) is 6.07 Å². The minimum atomic E-state index is -0.0414. The zero-order valence-corrected chi connectivity index (χ0v) is 43.8. The second kappa shape index (κ2) is 16.0. The lowest BCUT2D eigenvalue weighted by molar-refractivity contribution is 0.590. The van der Waals surface area contributed by atoms with Crippen molar-refractivity contribution in [2.45, 2.75) is 105 Å². The van der Waals surface area contributed by atoms with Crippen LogP contribution in [0.5, 0.6) is 0 Å². The van der Waals surface area contributed by atoms with E-state index >= 15 is 0 Å². The Morgan fingerprint density at radius 2 is 0.986 bits per heavy atom. The molecule has 6 heteroatoms. The van der Waals surface area contributed by atoms with E-state index in [1.54, 1.807) is 0 Å². The van der Waals surface area contributed by atoms with Crippen molar-refractivity contribution in [3.05, 3.63) is 180 Å². The van der Waals surface area contributed by atoms with Crippen molar-refractivity contribution >= 4 is 102 Å². The highest BCUT2D eigenvalue weighted by Crippen LogP contribution is 2.45. The van der Waals surface area contributed by atoms with Gasteiger partial charge in [0, 0.05) is 72.5 Å². The van der Waals surface area contributed by atoms with Crippen molar-refractivity contribution in [3.63, 3.8) is 0 Å². The van der Waals surface area contributed by atoms with Gasteiger partial charge in [0.2, 0.25) is 7.28 Å². The summed E-state index contributed by atoms with van der Waals surface area (Å²) >= 11 is 0. The highest BCUT2D eigenvalue weighted by molar-refractivity contribution is 6.73. The van der Waals surface area contributed by atoms with Crippen molar-refractivity contribution in [2.75, 3.05) is 10.2 Å². The van der Waals surface area contributed by atoms with Gasteiger partial charge in [-0.25, -0.2) is 0 Å². The number of furan rings is 2. The summed E-state index contributed by atoms with van der Waals surface area (Å²) in [4.78, 5) is 2.39. The van der Waals surface area contributed by atoms with Gasteiger partial charge in [-0.15, -0.1) is 0 Å². The highest BCUT2D eigenvalue weighted by atomic mass is 16.3. The van der Waals surface area contributed by atoms with Crippen LogP contribution in [0, 0.1) is 0 Å². The molecule has 0 saturated carbocycles. The molecular weight excluding hydrogens is 878 g/mol. The molecule has 4 heterocycles. The summed E-state index contributed by atoms with van der Waals surface area (Å²) in [5, 5.41) is 9.68. The fourth-order valence-corrected chi connectivity index (χ4v) is 10.9. The zero-order chi connectivity index (χ0) is 50.2. The van der Waals surface area contributed by atoms with Crippen molar-refractivity contribution in [1.29, 1.82) is 0 Å². The summed E-state index contributed by atoms with van der Waals surface area (Å²) in [5.74, 6) is 0. The third-order valence-electron chi connectivity index (χ3n) is 15.1. The summed E-state index contributed by atoms with van der Waals surface area (Å²) in [5.41, 5.74) is 20.6. The van der Waals surface area contributed by atoms with Crippen LogP contribution in [0.25, 0.3) is 71.5 Å². The quantitative estimate of drug-likeness (QED) is 0.169. The summed E-state index contributed by atoms with van der Waals surface area (Å²) in [6.45, 7) is 27.3. The van der Waals surface area contributed by atoms with Gasteiger partial charge >= 0.3 is 0 Å². The van der Waals surface area contributed by atoms with Gasteiger partial charge in [-0.3, -0.25) is 0 Å². The number of rotatable bonds is 6. The van der Waals surface area contributed by atoms with Crippen LogP contribution in [0.2, 0.25) is 0 Å². The van der Waals surface area contributed by atoms with E-state index in [0.717, 1.165) is 100 Å². The average Bonchev–Trinajstić information content (AvgIpc) is 4.00. The molecule has 0 aliphatic carbocycles. The van der Waals surface area contributed by atoms with Crippen molar-refractivity contribution in [2.24, 2.45) is 0 Å². The first kappa shape index (κ1) is 45.7. The van der Waals surface area contributed by atoms with Gasteiger partial charge in [0.25, 0.3) is 0 Å². The molecule has 357 valence electrons. The predicted octanol–water partition coefficient (Wildman–Crippen LogP) is 17.5. The molecule has 1 radical (unpaired) electrons. The minimum Gasteiger partial charge on any atom is -0.469 e. The lowest BCUT2D eigenvalue weighted by Gasteiger charge is -2.29. The highest BCUT2D eigenvalue weighted by Gasteiger charge is 2.32. The van der Waals surface area contributed by atoms with E-state index in [2.05, 4.69) is 257 Å². The van der Waals surface area contributed by atoms with Crippen LogP contribution >= 0.6 is 0 Å². The molecule has 8 aromatic carbocycles. The van der Waals surface area contributed by atoms with Crippen LogP contribution in [0.15, 0.2) is 167 Å². The average molecular weight is 941 g/mol. The Hall–Kier alpha value is -7.44. The molecular formula is C66H63BN3O2. The molecule has 3 aromatic heterocycles. The summed E-state index contributed by atoms with van der Waals surface area (Å²) < 4.78 is 16.0. The van der Waals surface area contributed by atoms with Crippen LogP contribution in [0.1, 0.15) is 105 Å². The van der Waals surface area contributed by atoms with Crippen molar-refractivity contribution in [3.8, 4) is 16.8 Å². The van der Waals surface area contributed by atoms with Crippen molar-refractivity contribution in [1.82, 2.24) is 4.57 Å². The fraction of sp³-hybridized carbons (Fsp3) is 0.242. The van der Waals surface area contributed by atoms with E-state index in [4.69, 9.17) is 8.83 Å². The molecule has 0 amide bonds. The van der Waals surface area contributed by atoms with Gasteiger partial charge in [0.05, 0.1) is 16.9 Å². The summed E-state index contributed by atoms with van der Waals surface area (Å²) in [6, 6.07) is 58.3. The normalized spacial score (nSPS) is 13.1. The Balaban J connectivity index is 1.10. The molecule has 0 bridgehead atoms. The molecule has 12 rings (SSSR count).